The smallest absolute Gasteiger partial charge is 0.263 e. The maximum Gasteiger partial charge on any atom is 0.263 e. The lowest BCUT2D eigenvalue weighted by Crippen LogP contribution is -2.37. The maximum atomic E-state index is 15.1. The Labute approximate surface area is 164 Å². The van der Waals surface area contributed by atoms with Crippen LogP contribution in [0.5, 0.6) is 0 Å². The third-order valence-electron chi connectivity index (χ3n) is 4.81. The van der Waals surface area contributed by atoms with E-state index >= 15 is 4.39 Å². The van der Waals surface area contributed by atoms with Gasteiger partial charge in [0.05, 0.1) is 18.6 Å². The van der Waals surface area contributed by atoms with Gasteiger partial charge in [0.25, 0.3) is 5.91 Å². The number of carbonyl (C=O) groups is 1. The van der Waals surface area contributed by atoms with Crippen LogP contribution < -0.4 is 15.6 Å². The fourth-order valence-corrected chi connectivity index (χ4v) is 3.41. The van der Waals surface area contributed by atoms with Crippen molar-refractivity contribution < 1.29 is 22.7 Å². The zero-order valence-electron chi connectivity index (χ0n) is 15.6. The number of rotatable bonds is 3. The largest absolute Gasteiger partial charge is 0.457 e. The zero-order chi connectivity index (χ0) is 20.5. The number of hydrogen-bond acceptors (Lipinski definition) is 5. The number of ether oxygens (including phenoxy) is 1. The van der Waals surface area contributed by atoms with Gasteiger partial charge in [-0.3, -0.25) is 9.59 Å². The summed E-state index contributed by atoms with van der Waals surface area (Å²) in [6.45, 7) is 2.73. The fourth-order valence-electron chi connectivity index (χ4n) is 3.41. The van der Waals surface area contributed by atoms with Crippen LogP contribution in [0, 0.1) is 18.6 Å². The summed E-state index contributed by atoms with van der Waals surface area (Å²) in [5.74, 6) is -2.60. The molecule has 1 aliphatic rings. The number of benzene rings is 2. The molecule has 3 aromatic rings. The third kappa shape index (κ3) is 3.47. The Hall–Kier alpha value is -3.26. The van der Waals surface area contributed by atoms with Crippen molar-refractivity contribution in [3.63, 3.8) is 0 Å². The summed E-state index contributed by atoms with van der Waals surface area (Å²) in [6, 6.07) is 9.47. The molecule has 0 saturated carbocycles. The molecule has 29 heavy (non-hydrogen) atoms. The second kappa shape index (κ2) is 7.63. The van der Waals surface area contributed by atoms with Crippen molar-refractivity contribution in [1.82, 2.24) is 0 Å². The Balaban J connectivity index is 1.81. The van der Waals surface area contributed by atoms with E-state index in [2.05, 4.69) is 5.32 Å². The van der Waals surface area contributed by atoms with Gasteiger partial charge in [0.2, 0.25) is 5.43 Å². The van der Waals surface area contributed by atoms with Gasteiger partial charge >= 0.3 is 0 Å². The van der Waals surface area contributed by atoms with Gasteiger partial charge in [-0.25, -0.2) is 8.78 Å². The third-order valence-corrected chi connectivity index (χ3v) is 4.81. The van der Waals surface area contributed by atoms with E-state index in [0.717, 1.165) is 6.07 Å². The van der Waals surface area contributed by atoms with Crippen molar-refractivity contribution in [2.75, 3.05) is 36.5 Å². The van der Waals surface area contributed by atoms with Crippen LogP contribution in [0.15, 0.2) is 45.6 Å². The molecule has 1 N–H and O–H groups in total. The lowest BCUT2D eigenvalue weighted by atomic mass is 10.1. The Morgan fingerprint density at radius 3 is 2.52 bits per heavy atom. The lowest BCUT2D eigenvalue weighted by molar-refractivity contribution is 0.102. The molecule has 0 spiro atoms. The molecule has 1 aromatic heterocycles. The number of hydrogen-bond donors (Lipinski definition) is 1. The van der Waals surface area contributed by atoms with Gasteiger partial charge in [-0.2, -0.15) is 0 Å². The Morgan fingerprint density at radius 2 is 1.83 bits per heavy atom. The molecule has 0 radical (unpaired) electrons. The Kier molecular flexibility index (Phi) is 5.02. The van der Waals surface area contributed by atoms with E-state index in [0.29, 0.717) is 32.0 Å². The number of amides is 1. The van der Waals surface area contributed by atoms with E-state index in [1.807, 2.05) is 0 Å². The molecule has 0 bridgehead atoms. The van der Waals surface area contributed by atoms with Crippen molar-refractivity contribution in [1.29, 1.82) is 0 Å². The Bertz CT molecular complexity index is 1140. The number of nitrogens with one attached hydrogen (secondary N) is 1. The number of carbonyl (C=O) groups excluding carboxylic acids is 1. The summed E-state index contributed by atoms with van der Waals surface area (Å²) in [5, 5.41) is 2.27. The van der Waals surface area contributed by atoms with Crippen LogP contribution in [-0.2, 0) is 4.74 Å². The molecule has 1 saturated heterocycles. The highest BCUT2D eigenvalue weighted by Crippen LogP contribution is 2.31. The predicted octanol–water partition coefficient (Wildman–Crippen LogP) is 3.47. The molecular formula is C21H18F2N2O4. The number of anilines is 2. The highest BCUT2D eigenvalue weighted by Gasteiger charge is 2.27. The van der Waals surface area contributed by atoms with Crippen LogP contribution in [0.4, 0.5) is 20.2 Å². The summed E-state index contributed by atoms with van der Waals surface area (Å²) >= 11 is 0. The number of fused-ring (bicyclic) bond motifs is 1. The minimum atomic E-state index is -0.961. The summed E-state index contributed by atoms with van der Waals surface area (Å²) in [6.07, 6.45) is 0. The average molecular weight is 400 g/mol. The topological polar surface area (TPSA) is 71.8 Å². The second-order valence-electron chi connectivity index (χ2n) is 6.68. The quantitative estimate of drug-likeness (QED) is 0.729. The lowest BCUT2D eigenvalue weighted by Gasteiger charge is -2.29. The van der Waals surface area contributed by atoms with Gasteiger partial charge in [-0.05, 0) is 25.1 Å². The summed E-state index contributed by atoms with van der Waals surface area (Å²) in [4.78, 5) is 27.0. The molecule has 0 atom stereocenters. The molecule has 0 unspecified atom stereocenters. The van der Waals surface area contributed by atoms with Crippen molar-refractivity contribution in [3.05, 3.63) is 69.6 Å². The maximum absolute atomic E-state index is 15.1. The molecule has 1 aliphatic heterocycles. The molecule has 0 aliphatic carbocycles. The molecule has 1 amide bonds. The van der Waals surface area contributed by atoms with Crippen LogP contribution >= 0.6 is 0 Å². The molecule has 8 heteroatoms. The zero-order valence-corrected chi connectivity index (χ0v) is 15.6. The molecule has 150 valence electrons. The van der Waals surface area contributed by atoms with E-state index < -0.39 is 23.0 Å². The van der Waals surface area contributed by atoms with Gasteiger partial charge in [-0.1, -0.05) is 18.2 Å². The van der Waals surface area contributed by atoms with Crippen LogP contribution in [0.25, 0.3) is 11.0 Å². The van der Waals surface area contributed by atoms with E-state index in [4.69, 9.17) is 9.15 Å². The van der Waals surface area contributed by atoms with Crippen molar-refractivity contribution in [2.24, 2.45) is 0 Å². The first kappa shape index (κ1) is 19.1. The van der Waals surface area contributed by atoms with Gasteiger partial charge < -0.3 is 19.4 Å². The molecule has 2 heterocycles. The predicted molar refractivity (Wildman–Crippen MR) is 105 cm³/mol. The van der Waals surface area contributed by atoms with Crippen LogP contribution in [0.1, 0.15) is 16.1 Å². The molecular weight excluding hydrogens is 382 g/mol. The second-order valence-corrected chi connectivity index (χ2v) is 6.68. The standard InChI is InChI=1S/C21H18F2N2O4/c1-12-16(21(27)24-13-5-3-2-4-6-13)19(26)14-11-15(22)18(17(23)20(14)29-12)25-7-9-28-10-8-25/h2-6,11H,7-10H2,1H3,(H,24,27). The average Bonchev–Trinajstić information content (AvgIpc) is 2.71. The minimum absolute atomic E-state index is 0.0469. The van der Waals surface area contributed by atoms with Crippen LogP contribution in [-0.4, -0.2) is 32.2 Å². The first-order chi connectivity index (χ1) is 14.0. The highest BCUT2D eigenvalue weighted by molar-refractivity contribution is 6.06. The summed E-state index contributed by atoms with van der Waals surface area (Å²) < 4.78 is 40.5. The van der Waals surface area contributed by atoms with Crippen molar-refractivity contribution >= 4 is 28.3 Å². The monoisotopic (exact) mass is 400 g/mol. The van der Waals surface area contributed by atoms with Crippen LogP contribution in [0.3, 0.4) is 0 Å². The number of halogens is 2. The number of nitrogens with zero attached hydrogens (tertiary/aromatic N) is 1. The van der Waals surface area contributed by atoms with Gasteiger partial charge in [0, 0.05) is 18.8 Å². The van der Waals surface area contributed by atoms with E-state index in [-0.39, 0.29) is 28.0 Å². The van der Waals surface area contributed by atoms with E-state index in [1.54, 1.807) is 30.3 Å². The highest BCUT2D eigenvalue weighted by atomic mass is 19.1. The van der Waals surface area contributed by atoms with E-state index in [9.17, 15) is 14.0 Å². The summed E-state index contributed by atoms with van der Waals surface area (Å²) in [7, 11) is 0. The molecule has 2 aromatic carbocycles. The van der Waals surface area contributed by atoms with Gasteiger partial charge in [0.15, 0.2) is 17.2 Å². The van der Waals surface area contributed by atoms with Crippen LogP contribution in [0.2, 0.25) is 0 Å². The molecule has 1 fully saturated rings. The summed E-state index contributed by atoms with van der Waals surface area (Å²) in [5.41, 5.74) is -1.23. The normalized spacial score (nSPS) is 14.2. The van der Waals surface area contributed by atoms with Gasteiger partial charge in [0.1, 0.15) is 17.0 Å². The Morgan fingerprint density at radius 1 is 1.14 bits per heavy atom. The molecule has 6 nitrogen and oxygen atoms in total. The first-order valence-electron chi connectivity index (χ1n) is 9.12. The number of aryl methyl sites for hydroxylation is 1. The molecule has 4 rings (SSSR count). The van der Waals surface area contributed by atoms with Gasteiger partial charge in [-0.15, -0.1) is 0 Å². The fraction of sp³-hybridized carbons (Fsp3) is 0.238. The van der Waals surface area contributed by atoms with E-state index in [1.165, 1.54) is 11.8 Å². The minimum Gasteiger partial charge on any atom is -0.457 e. The number of para-hydroxylation sites is 1. The SMILES string of the molecule is Cc1oc2c(F)c(N3CCOCC3)c(F)cc2c(=O)c1C(=O)Nc1ccccc1. The van der Waals surface area contributed by atoms with Crippen molar-refractivity contribution in [3.8, 4) is 0 Å². The van der Waals surface area contributed by atoms with Crippen molar-refractivity contribution in [2.45, 2.75) is 6.92 Å². The first-order valence-corrected chi connectivity index (χ1v) is 9.12. The number of morpholine rings is 1.